The third kappa shape index (κ3) is 2.39. The molecule has 2 aliphatic carbocycles. The minimum absolute atomic E-state index is 0.363. The Hall–Kier alpha value is -1.35. The van der Waals surface area contributed by atoms with Gasteiger partial charge in [0.25, 0.3) is 0 Å². The van der Waals surface area contributed by atoms with E-state index in [0.717, 1.165) is 30.5 Å². The molecule has 2 N–H and O–H groups in total. The Morgan fingerprint density at radius 3 is 2.63 bits per heavy atom. The number of fused-ring (bicyclic) bond motifs is 2. The van der Waals surface area contributed by atoms with E-state index in [9.17, 15) is 9.90 Å². The summed E-state index contributed by atoms with van der Waals surface area (Å²) in [6.45, 7) is 4.00. The lowest BCUT2D eigenvalue weighted by Crippen LogP contribution is -2.33. The number of rotatable bonds is 3. The van der Waals surface area contributed by atoms with Gasteiger partial charge in [-0.3, -0.25) is 4.79 Å². The van der Waals surface area contributed by atoms with E-state index in [1.54, 1.807) is 0 Å². The molecular formula is C16H23NO2. The van der Waals surface area contributed by atoms with Gasteiger partial charge < -0.3 is 10.4 Å². The molecule has 2 bridgehead atoms. The zero-order valence-corrected chi connectivity index (χ0v) is 11.7. The van der Waals surface area contributed by atoms with Crippen LogP contribution >= 0.6 is 0 Å². The average molecular weight is 261 g/mol. The second-order valence-electron chi connectivity index (χ2n) is 5.31. The van der Waals surface area contributed by atoms with Crippen LogP contribution in [0.25, 0.3) is 0 Å². The van der Waals surface area contributed by atoms with E-state index in [0.29, 0.717) is 18.2 Å². The Labute approximate surface area is 115 Å². The molecular weight excluding hydrogens is 238 g/mol. The Morgan fingerprint density at radius 2 is 2.05 bits per heavy atom. The molecule has 1 aromatic rings. The van der Waals surface area contributed by atoms with E-state index in [-0.39, 0.29) is 0 Å². The largest absolute Gasteiger partial charge is 0.385 e. The predicted molar refractivity (Wildman–Crippen MR) is 76.8 cm³/mol. The molecule has 0 spiro atoms. The van der Waals surface area contributed by atoms with Crippen LogP contribution in [0.3, 0.4) is 0 Å². The first-order valence-corrected chi connectivity index (χ1v) is 7.26. The van der Waals surface area contributed by atoms with Gasteiger partial charge in [0.1, 0.15) is 0 Å². The second kappa shape index (κ2) is 5.74. The van der Waals surface area contributed by atoms with Gasteiger partial charge in [-0.2, -0.15) is 0 Å². The van der Waals surface area contributed by atoms with E-state index >= 15 is 0 Å². The number of nitrogens with one attached hydrogen (secondary N) is 1. The van der Waals surface area contributed by atoms with Gasteiger partial charge in [-0.1, -0.05) is 32.0 Å². The van der Waals surface area contributed by atoms with Crippen LogP contribution in [-0.4, -0.2) is 11.5 Å². The molecule has 104 valence electrons. The molecule has 3 unspecified atom stereocenters. The molecule has 0 aromatic heterocycles. The number of amides is 1. The fourth-order valence-electron chi connectivity index (χ4n) is 3.68. The van der Waals surface area contributed by atoms with Crippen molar-refractivity contribution in [3.05, 3.63) is 29.8 Å². The molecule has 3 heteroatoms. The lowest BCUT2D eigenvalue weighted by atomic mass is 9.78. The van der Waals surface area contributed by atoms with Crippen molar-refractivity contribution in [2.75, 3.05) is 5.32 Å². The highest BCUT2D eigenvalue weighted by Gasteiger charge is 2.51. The standard InChI is InChI=1S/C14H17NO2.C2H6/c16-9-15-13-4-2-1-3-12(13)14(17)8-10-5-6-11(14)7-10;1-2/h1-4,9-11,17H,5-8H2,(H,15,16);1-2H3. The summed E-state index contributed by atoms with van der Waals surface area (Å²) in [6.07, 6.45) is 5.00. The van der Waals surface area contributed by atoms with E-state index in [2.05, 4.69) is 5.32 Å². The van der Waals surface area contributed by atoms with E-state index in [1.807, 2.05) is 38.1 Å². The van der Waals surface area contributed by atoms with Gasteiger partial charge >= 0.3 is 0 Å². The number of aliphatic hydroxyl groups is 1. The summed E-state index contributed by atoms with van der Waals surface area (Å²) < 4.78 is 0. The van der Waals surface area contributed by atoms with Crippen LogP contribution in [0.5, 0.6) is 0 Å². The topological polar surface area (TPSA) is 49.3 Å². The number of anilines is 1. The first-order chi connectivity index (χ1) is 9.24. The number of hydrogen-bond acceptors (Lipinski definition) is 2. The summed E-state index contributed by atoms with van der Waals surface area (Å²) in [6, 6.07) is 7.60. The van der Waals surface area contributed by atoms with E-state index in [4.69, 9.17) is 0 Å². The van der Waals surface area contributed by atoms with Crippen LogP contribution in [0.4, 0.5) is 5.69 Å². The maximum atomic E-state index is 10.9. The maximum absolute atomic E-state index is 10.9. The number of para-hydroxylation sites is 1. The monoisotopic (exact) mass is 261 g/mol. The SMILES string of the molecule is CC.O=CNc1ccccc1C1(O)CC2CCC1C2. The van der Waals surface area contributed by atoms with Crippen LogP contribution < -0.4 is 5.32 Å². The molecule has 0 saturated heterocycles. The van der Waals surface area contributed by atoms with Crippen LogP contribution in [0.15, 0.2) is 24.3 Å². The Morgan fingerprint density at radius 1 is 1.32 bits per heavy atom. The predicted octanol–water partition coefficient (Wildman–Crippen LogP) is 3.29. The van der Waals surface area contributed by atoms with Crippen molar-refractivity contribution in [3.8, 4) is 0 Å². The summed E-state index contributed by atoms with van der Waals surface area (Å²) in [5.74, 6) is 1.02. The quantitative estimate of drug-likeness (QED) is 0.820. The molecule has 0 radical (unpaired) electrons. The van der Waals surface area contributed by atoms with Gasteiger partial charge in [0.15, 0.2) is 0 Å². The fourth-order valence-corrected chi connectivity index (χ4v) is 3.68. The third-order valence-electron chi connectivity index (χ3n) is 4.42. The van der Waals surface area contributed by atoms with Gasteiger partial charge in [-0.05, 0) is 43.6 Å². The molecule has 1 amide bonds. The number of benzene rings is 1. The number of carbonyl (C=O) groups is 1. The van der Waals surface area contributed by atoms with Gasteiger partial charge in [-0.25, -0.2) is 0 Å². The summed E-state index contributed by atoms with van der Waals surface area (Å²) in [5, 5.41) is 13.6. The minimum atomic E-state index is -0.727. The van der Waals surface area contributed by atoms with Crippen molar-refractivity contribution < 1.29 is 9.90 Å². The van der Waals surface area contributed by atoms with Crippen LogP contribution in [0.1, 0.15) is 45.1 Å². The van der Waals surface area contributed by atoms with Crippen molar-refractivity contribution >= 4 is 12.1 Å². The van der Waals surface area contributed by atoms with Gasteiger partial charge in [0.05, 0.1) is 5.60 Å². The highest BCUT2D eigenvalue weighted by molar-refractivity contribution is 5.74. The lowest BCUT2D eigenvalue weighted by Gasteiger charge is -2.34. The molecule has 0 heterocycles. The first-order valence-electron chi connectivity index (χ1n) is 7.26. The highest BCUT2D eigenvalue weighted by Crippen LogP contribution is 2.56. The molecule has 2 aliphatic rings. The average Bonchev–Trinajstić information content (AvgIpc) is 3.02. The van der Waals surface area contributed by atoms with Crippen LogP contribution in [0, 0.1) is 11.8 Å². The van der Waals surface area contributed by atoms with Crippen LogP contribution in [-0.2, 0) is 10.4 Å². The second-order valence-corrected chi connectivity index (χ2v) is 5.31. The molecule has 0 aliphatic heterocycles. The zero-order valence-electron chi connectivity index (χ0n) is 11.7. The van der Waals surface area contributed by atoms with E-state index < -0.39 is 5.60 Å². The van der Waals surface area contributed by atoms with Crippen molar-refractivity contribution in [1.82, 2.24) is 0 Å². The smallest absolute Gasteiger partial charge is 0.211 e. The number of hydrogen-bond donors (Lipinski definition) is 2. The Kier molecular flexibility index (Phi) is 4.25. The van der Waals surface area contributed by atoms with Gasteiger partial charge in [-0.15, -0.1) is 0 Å². The fraction of sp³-hybridized carbons (Fsp3) is 0.562. The van der Waals surface area contributed by atoms with Gasteiger partial charge in [0.2, 0.25) is 6.41 Å². The molecule has 19 heavy (non-hydrogen) atoms. The summed E-state index contributed by atoms with van der Waals surface area (Å²) >= 11 is 0. The minimum Gasteiger partial charge on any atom is -0.385 e. The Balaban J connectivity index is 0.000000637. The zero-order chi connectivity index (χ0) is 13.9. The van der Waals surface area contributed by atoms with Crippen molar-refractivity contribution in [1.29, 1.82) is 0 Å². The first kappa shape index (κ1) is 14.1. The van der Waals surface area contributed by atoms with Crippen LogP contribution in [0.2, 0.25) is 0 Å². The molecule has 2 fully saturated rings. The third-order valence-corrected chi connectivity index (χ3v) is 4.42. The normalized spacial score (nSPS) is 31.5. The number of carbonyl (C=O) groups excluding carboxylic acids is 1. The van der Waals surface area contributed by atoms with Crippen molar-refractivity contribution in [3.63, 3.8) is 0 Å². The molecule has 1 aromatic carbocycles. The molecule has 3 atom stereocenters. The lowest BCUT2D eigenvalue weighted by molar-refractivity contribution is -0.105. The highest BCUT2D eigenvalue weighted by atomic mass is 16.3. The summed E-state index contributed by atoms with van der Waals surface area (Å²) in [5.41, 5.74) is 0.909. The summed E-state index contributed by atoms with van der Waals surface area (Å²) in [4.78, 5) is 10.6. The van der Waals surface area contributed by atoms with Crippen molar-refractivity contribution in [2.45, 2.75) is 45.1 Å². The summed E-state index contributed by atoms with van der Waals surface area (Å²) in [7, 11) is 0. The maximum Gasteiger partial charge on any atom is 0.211 e. The molecule has 2 saturated carbocycles. The molecule has 3 nitrogen and oxygen atoms in total. The Bertz CT molecular complexity index is 446. The van der Waals surface area contributed by atoms with Crippen molar-refractivity contribution in [2.24, 2.45) is 11.8 Å². The van der Waals surface area contributed by atoms with Gasteiger partial charge in [0, 0.05) is 11.3 Å². The van der Waals surface area contributed by atoms with E-state index in [1.165, 1.54) is 6.42 Å². The molecule has 3 rings (SSSR count).